The van der Waals surface area contributed by atoms with Crippen molar-refractivity contribution < 1.29 is 4.79 Å². The molecule has 4 nitrogen and oxygen atoms in total. The maximum atomic E-state index is 11.9. The van der Waals surface area contributed by atoms with Gasteiger partial charge in [-0.1, -0.05) is 13.0 Å². The minimum absolute atomic E-state index is 0.266. The quantitative estimate of drug-likeness (QED) is 0.828. The average Bonchev–Trinajstić information content (AvgIpc) is 2.94. The van der Waals surface area contributed by atoms with Crippen LogP contribution in [0.15, 0.2) is 30.6 Å². The number of rotatable bonds is 2. The number of carbonyl (C=O) groups is 1. The monoisotopic (exact) mass is 257 g/mol. The van der Waals surface area contributed by atoms with Crippen molar-refractivity contribution in [3.8, 4) is 0 Å². The molecule has 2 aromatic heterocycles. The van der Waals surface area contributed by atoms with Crippen molar-refractivity contribution >= 4 is 11.6 Å². The van der Waals surface area contributed by atoms with Crippen LogP contribution in [-0.4, -0.2) is 33.3 Å². The van der Waals surface area contributed by atoms with Gasteiger partial charge in [0.15, 0.2) is 0 Å². The van der Waals surface area contributed by atoms with Gasteiger partial charge >= 0.3 is 0 Å². The minimum atomic E-state index is 0.266. The summed E-state index contributed by atoms with van der Waals surface area (Å²) in [6.45, 7) is 3.68. The van der Waals surface area contributed by atoms with E-state index in [0.29, 0.717) is 12.3 Å². The Hall–Kier alpha value is -1.84. The van der Waals surface area contributed by atoms with Crippen LogP contribution in [-0.2, 0) is 4.79 Å². The van der Waals surface area contributed by atoms with Gasteiger partial charge in [-0.25, -0.2) is 4.98 Å². The van der Waals surface area contributed by atoms with E-state index >= 15 is 0 Å². The smallest absolute Gasteiger partial charge is 0.222 e. The lowest BCUT2D eigenvalue weighted by molar-refractivity contribution is -0.132. The number of carbonyl (C=O) groups excluding carboxylic acids is 1. The fraction of sp³-hybridized carbons (Fsp3) is 0.467. The molecule has 4 heteroatoms. The largest absolute Gasteiger partial charge is 0.342 e. The fourth-order valence-corrected chi connectivity index (χ4v) is 2.97. The van der Waals surface area contributed by atoms with E-state index in [2.05, 4.69) is 21.5 Å². The first-order valence-electron chi connectivity index (χ1n) is 6.99. The van der Waals surface area contributed by atoms with Crippen molar-refractivity contribution in [1.82, 2.24) is 14.3 Å². The number of amides is 1. The van der Waals surface area contributed by atoms with E-state index in [1.165, 1.54) is 5.69 Å². The molecule has 1 fully saturated rings. The summed E-state index contributed by atoms with van der Waals surface area (Å²) in [6, 6.07) is 6.22. The average molecular weight is 257 g/mol. The molecule has 1 atom stereocenters. The van der Waals surface area contributed by atoms with Crippen molar-refractivity contribution in [3.05, 3.63) is 36.3 Å². The number of likely N-dealkylation sites (tertiary alicyclic amines) is 1. The molecule has 100 valence electrons. The Kier molecular flexibility index (Phi) is 3.23. The third kappa shape index (κ3) is 2.23. The van der Waals surface area contributed by atoms with Gasteiger partial charge in [-0.05, 0) is 25.0 Å². The van der Waals surface area contributed by atoms with Gasteiger partial charge in [-0.3, -0.25) is 4.79 Å². The van der Waals surface area contributed by atoms with Crippen LogP contribution in [0.3, 0.4) is 0 Å². The van der Waals surface area contributed by atoms with Crippen LogP contribution in [0.4, 0.5) is 0 Å². The molecule has 1 amide bonds. The highest BCUT2D eigenvalue weighted by atomic mass is 16.2. The van der Waals surface area contributed by atoms with Crippen LogP contribution in [0, 0.1) is 0 Å². The fourth-order valence-electron chi connectivity index (χ4n) is 2.97. The summed E-state index contributed by atoms with van der Waals surface area (Å²) in [6.07, 6.45) is 6.66. The molecule has 19 heavy (non-hydrogen) atoms. The summed E-state index contributed by atoms with van der Waals surface area (Å²) in [5, 5.41) is 0. The van der Waals surface area contributed by atoms with E-state index in [9.17, 15) is 4.79 Å². The van der Waals surface area contributed by atoms with Crippen LogP contribution >= 0.6 is 0 Å². The van der Waals surface area contributed by atoms with E-state index < -0.39 is 0 Å². The van der Waals surface area contributed by atoms with Crippen LogP contribution in [0.2, 0.25) is 0 Å². The summed E-state index contributed by atoms with van der Waals surface area (Å²) in [5.74, 6) is 0.685. The molecule has 1 saturated heterocycles. The van der Waals surface area contributed by atoms with Crippen LogP contribution < -0.4 is 0 Å². The molecule has 1 aliphatic heterocycles. The van der Waals surface area contributed by atoms with Gasteiger partial charge in [-0.15, -0.1) is 0 Å². The zero-order valence-electron chi connectivity index (χ0n) is 11.2. The van der Waals surface area contributed by atoms with E-state index in [1.54, 1.807) is 0 Å². The second-order valence-electron chi connectivity index (χ2n) is 5.14. The first kappa shape index (κ1) is 12.2. The molecule has 0 bridgehead atoms. The van der Waals surface area contributed by atoms with Gasteiger partial charge in [0.1, 0.15) is 5.65 Å². The molecular weight excluding hydrogens is 238 g/mol. The predicted molar refractivity (Wildman–Crippen MR) is 74.0 cm³/mol. The molecule has 0 radical (unpaired) electrons. The highest BCUT2D eigenvalue weighted by Gasteiger charge is 2.25. The first-order valence-corrected chi connectivity index (χ1v) is 6.99. The lowest BCUT2D eigenvalue weighted by atomic mass is 9.94. The van der Waals surface area contributed by atoms with Gasteiger partial charge in [0.25, 0.3) is 0 Å². The Morgan fingerprint density at radius 3 is 3.21 bits per heavy atom. The number of piperidine rings is 1. The van der Waals surface area contributed by atoms with E-state index in [4.69, 9.17) is 0 Å². The van der Waals surface area contributed by atoms with Crippen molar-refractivity contribution in [2.75, 3.05) is 13.1 Å². The summed E-state index contributed by atoms with van der Waals surface area (Å²) in [5.41, 5.74) is 2.25. The zero-order valence-corrected chi connectivity index (χ0v) is 11.2. The Morgan fingerprint density at radius 2 is 2.37 bits per heavy atom. The Balaban J connectivity index is 1.89. The second-order valence-corrected chi connectivity index (χ2v) is 5.14. The molecule has 1 aliphatic rings. The number of nitrogens with zero attached hydrogens (tertiary/aromatic N) is 3. The van der Waals surface area contributed by atoms with Gasteiger partial charge in [0, 0.05) is 43.5 Å². The van der Waals surface area contributed by atoms with Gasteiger partial charge < -0.3 is 9.30 Å². The SMILES string of the molecule is CCC(=O)N1CCC[C@@H](c2cccc3nccn23)C1. The third-order valence-corrected chi connectivity index (χ3v) is 3.95. The van der Waals surface area contributed by atoms with E-state index in [0.717, 1.165) is 31.6 Å². The predicted octanol–water partition coefficient (Wildman–Crippen LogP) is 2.45. The molecule has 0 spiro atoms. The molecule has 0 saturated carbocycles. The van der Waals surface area contributed by atoms with E-state index in [1.807, 2.05) is 30.3 Å². The number of imidazole rings is 1. The maximum absolute atomic E-state index is 11.9. The lowest BCUT2D eigenvalue weighted by Gasteiger charge is -2.33. The number of aromatic nitrogens is 2. The molecule has 2 aromatic rings. The van der Waals surface area contributed by atoms with E-state index in [-0.39, 0.29) is 5.91 Å². The topological polar surface area (TPSA) is 37.6 Å². The highest BCUT2D eigenvalue weighted by molar-refractivity contribution is 5.76. The molecule has 3 heterocycles. The zero-order chi connectivity index (χ0) is 13.2. The van der Waals surface area contributed by atoms with Crippen molar-refractivity contribution in [1.29, 1.82) is 0 Å². The summed E-state index contributed by atoms with van der Waals surface area (Å²) < 4.78 is 2.14. The summed E-state index contributed by atoms with van der Waals surface area (Å²) >= 11 is 0. The minimum Gasteiger partial charge on any atom is -0.342 e. The van der Waals surface area contributed by atoms with Crippen LogP contribution in [0.5, 0.6) is 0 Å². The van der Waals surface area contributed by atoms with Crippen molar-refractivity contribution in [2.24, 2.45) is 0 Å². The van der Waals surface area contributed by atoms with Gasteiger partial charge in [-0.2, -0.15) is 0 Å². The van der Waals surface area contributed by atoms with Gasteiger partial charge in [0.2, 0.25) is 5.91 Å². The standard InChI is InChI=1S/C15H19N3O/c1-2-15(19)17-9-4-5-12(11-17)13-6-3-7-14-16-8-10-18(13)14/h3,6-8,10,12H,2,4-5,9,11H2,1H3/t12-/m1/s1. The highest BCUT2D eigenvalue weighted by Crippen LogP contribution is 2.27. The maximum Gasteiger partial charge on any atom is 0.222 e. The number of pyridine rings is 1. The second kappa shape index (κ2) is 5.03. The Bertz CT molecular complexity index is 590. The molecule has 0 aromatic carbocycles. The number of hydrogen-bond acceptors (Lipinski definition) is 2. The third-order valence-electron chi connectivity index (χ3n) is 3.95. The summed E-state index contributed by atoms with van der Waals surface area (Å²) in [4.78, 5) is 18.2. The van der Waals surface area contributed by atoms with Crippen molar-refractivity contribution in [2.45, 2.75) is 32.1 Å². The number of hydrogen-bond donors (Lipinski definition) is 0. The Labute approximate surface area is 113 Å². The molecule has 3 rings (SSSR count). The molecule has 0 unspecified atom stereocenters. The van der Waals surface area contributed by atoms with Crippen molar-refractivity contribution in [3.63, 3.8) is 0 Å². The Morgan fingerprint density at radius 1 is 1.47 bits per heavy atom. The normalized spacial score (nSPS) is 19.8. The van der Waals surface area contributed by atoms with Crippen LogP contribution in [0.25, 0.3) is 5.65 Å². The lowest BCUT2D eigenvalue weighted by Crippen LogP contribution is -2.39. The number of fused-ring (bicyclic) bond motifs is 1. The molecule has 0 aliphatic carbocycles. The molecular formula is C15H19N3O. The van der Waals surface area contributed by atoms with Crippen LogP contribution in [0.1, 0.15) is 37.8 Å². The summed E-state index contributed by atoms with van der Waals surface area (Å²) in [7, 11) is 0. The first-order chi connectivity index (χ1) is 9.29. The molecule has 0 N–H and O–H groups in total. The van der Waals surface area contributed by atoms with Gasteiger partial charge in [0.05, 0.1) is 0 Å².